The van der Waals surface area contributed by atoms with E-state index in [1.54, 1.807) is 7.11 Å². The number of hydrogen-bond donors (Lipinski definition) is 1. The second kappa shape index (κ2) is 8.13. The van der Waals surface area contributed by atoms with E-state index in [-0.39, 0.29) is 5.60 Å². The largest absolute Gasteiger partial charge is 0.382 e. The Hall–Kier alpha value is -0.120. The zero-order valence-corrected chi connectivity index (χ0v) is 12.6. The van der Waals surface area contributed by atoms with Gasteiger partial charge >= 0.3 is 0 Å². The summed E-state index contributed by atoms with van der Waals surface area (Å²) in [6.45, 7) is 9.08. The van der Waals surface area contributed by atoms with Crippen molar-refractivity contribution in [3.8, 4) is 0 Å². The topological polar surface area (TPSA) is 30.5 Å². The third-order valence-corrected chi connectivity index (χ3v) is 4.12. The van der Waals surface area contributed by atoms with E-state index in [1.807, 2.05) is 0 Å². The predicted molar refractivity (Wildman–Crippen MR) is 75.9 cm³/mol. The minimum absolute atomic E-state index is 0.0501. The van der Waals surface area contributed by atoms with Gasteiger partial charge in [-0.1, -0.05) is 27.2 Å². The number of nitrogens with one attached hydrogen (secondary N) is 1. The first-order valence-corrected chi connectivity index (χ1v) is 7.48. The maximum absolute atomic E-state index is 6.17. The summed E-state index contributed by atoms with van der Waals surface area (Å²) in [6.07, 6.45) is 6.31. The van der Waals surface area contributed by atoms with Gasteiger partial charge in [-0.05, 0) is 31.6 Å². The van der Waals surface area contributed by atoms with Gasteiger partial charge in [-0.25, -0.2) is 0 Å². The molecule has 0 spiro atoms. The Morgan fingerprint density at radius 3 is 2.39 bits per heavy atom. The fraction of sp³-hybridized carbons (Fsp3) is 1.00. The smallest absolute Gasteiger partial charge is 0.0807 e. The standard InChI is InChI=1S/C15H31NO2/c1-5-14-6-8-15(9-7-14,12-16-13(2)3)18-11-10-17-4/h13-14,16H,5-12H2,1-4H3. The van der Waals surface area contributed by atoms with Crippen molar-refractivity contribution in [2.75, 3.05) is 26.9 Å². The molecule has 0 amide bonds. The van der Waals surface area contributed by atoms with Gasteiger partial charge in [0.1, 0.15) is 0 Å². The summed E-state index contributed by atoms with van der Waals surface area (Å²) in [5.41, 5.74) is 0.0501. The van der Waals surface area contributed by atoms with Crippen molar-refractivity contribution in [1.82, 2.24) is 5.32 Å². The van der Waals surface area contributed by atoms with Crippen molar-refractivity contribution < 1.29 is 9.47 Å². The lowest BCUT2D eigenvalue weighted by molar-refractivity contribution is -0.0900. The first-order valence-electron chi connectivity index (χ1n) is 7.48. The van der Waals surface area contributed by atoms with E-state index in [4.69, 9.17) is 9.47 Å². The molecule has 0 aromatic heterocycles. The molecule has 0 aromatic carbocycles. The molecular weight excluding hydrogens is 226 g/mol. The lowest BCUT2D eigenvalue weighted by Gasteiger charge is -2.40. The highest BCUT2D eigenvalue weighted by Gasteiger charge is 2.35. The molecule has 18 heavy (non-hydrogen) atoms. The summed E-state index contributed by atoms with van der Waals surface area (Å²) in [4.78, 5) is 0. The average molecular weight is 257 g/mol. The first kappa shape index (κ1) is 15.9. The van der Waals surface area contributed by atoms with Crippen molar-refractivity contribution in [2.24, 2.45) is 5.92 Å². The maximum Gasteiger partial charge on any atom is 0.0807 e. The molecule has 3 heteroatoms. The molecule has 0 saturated heterocycles. The quantitative estimate of drug-likeness (QED) is 0.678. The lowest BCUT2D eigenvalue weighted by Crippen LogP contribution is -2.48. The maximum atomic E-state index is 6.17. The molecule has 1 aliphatic carbocycles. The summed E-state index contributed by atoms with van der Waals surface area (Å²) < 4.78 is 11.3. The van der Waals surface area contributed by atoms with E-state index in [2.05, 4.69) is 26.1 Å². The molecular formula is C15H31NO2. The molecule has 1 N–H and O–H groups in total. The molecule has 0 radical (unpaired) electrons. The van der Waals surface area contributed by atoms with Crippen molar-refractivity contribution in [1.29, 1.82) is 0 Å². The number of ether oxygens (including phenoxy) is 2. The highest BCUT2D eigenvalue weighted by molar-refractivity contribution is 4.89. The van der Waals surface area contributed by atoms with Gasteiger partial charge < -0.3 is 14.8 Å². The van der Waals surface area contributed by atoms with E-state index in [0.29, 0.717) is 19.3 Å². The van der Waals surface area contributed by atoms with E-state index in [9.17, 15) is 0 Å². The minimum Gasteiger partial charge on any atom is -0.382 e. The molecule has 0 bridgehead atoms. The van der Waals surface area contributed by atoms with Gasteiger partial charge in [0.15, 0.2) is 0 Å². The van der Waals surface area contributed by atoms with E-state index < -0.39 is 0 Å². The van der Waals surface area contributed by atoms with Crippen molar-refractivity contribution >= 4 is 0 Å². The van der Waals surface area contributed by atoms with Gasteiger partial charge in [0, 0.05) is 19.7 Å². The van der Waals surface area contributed by atoms with Crippen LogP contribution < -0.4 is 5.32 Å². The van der Waals surface area contributed by atoms with Crippen LogP contribution in [-0.4, -0.2) is 38.5 Å². The Labute approximate surface area is 113 Å². The van der Waals surface area contributed by atoms with Gasteiger partial charge in [-0.3, -0.25) is 0 Å². The fourth-order valence-electron chi connectivity index (χ4n) is 2.72. The van der Waals surface area contributed by atoms with Gasteiger partial charge in [0.25, 0.3) is 0 Å². The zero-order valence-electron chi connectivity index (χ0n) is 12.6. The van der Waals surface area contributed by atoms with Gasteiger partial charge in [-0.15, -0.1) is 0 Å². The van der Waals surface area contributed by atoms with Crippen LogP contribution in [0.5, 0.6) is 0 Å². The Morgan fingerprint density at radius 1 is 1.22 bits per heavy atom. The second-order valence-electron chi connectivity index (χ2n) is 5.91. The number of rotatable bonds is 8. The highest BCUT2D eigenvalue weighted by Crippen LogP contribution is 2.36. The van der Waals surface area contributed by atoms with E-state index >= 15 is 0 Å². The Bertz CT molecular complexity index is 205. The Morgan fingerprint density at radius 2 is 1.89 bits per heavy atom. The van der Waals surface area contributed by atoms with Crippen molar-refractivity contribution in [3.05, 3.63) is 0 Å². The van der Waals surface area contributed by atoms with Gasteiger partial charge in [0.05, 0.1) is 18.8 Å². The van der Waals surface area contributed by atoms with Crippen molar-refractivity contribution in [2.45, 2.75) is 64.5 Å². The molecule has 0 aliphatic heterocycles. The summed E-state index contributed by atoms with van der Waals surface area (Å²) in [5, 5.41) is 3.55. The molecule has 1 rings (SSSR count). The van der Waals surface area contributed by atoms with Crippen LogP contribution in [0.3, 0.4) is 0 Å². The third-order valence-electron chi connectivity index (χ3n) is 4.12. The monoisotopic (exact) mass is 257 g/mol. The molecule has 0 atom stereocenters. The van der Waals surface area contributed by atoms with Crippen LogP contribution in [0.1, 0.15) is 52.9 Å². The van der Waals surface area contributed by atoms with Crippen molar-refractivity contribution in [3.63, 3.8) is 0 Å². The molecule has 0 aromatic rings. The average Bonchev–Trinajstić information content (AvgIpc) is 2.38. The summed E-state index contributed by atoms with van der Waals surface area (Å²) in [6, 6.07) is 0.525. The number of methoxy groups -OCH3 is 1. The summed E-state index contributed by atoms with van der Waals surface area (Å²) in [7, 11) is 1.73. The van der Waals surface area contributed by atoms with Crippen LogP contribution in [0.25, 0.3) is 0 Å². The highest BCUT2D eigenvalue weighted by atomic mass is 16.5. The van der Waals surface area contributed by atoms with Gasteiger partial charge in [-0.2, -0.15) is 0 Å². The Balaban J connectivity index is 2.46. The van der Waals surface area contributed by atoms with Crippen LogP contribution in [0.4, 0.5) is 0 Å². The molecule has 1 saturated carbocycles. The summed E-state index contributed by atoms with van der Waals surface area (Å²) in [5.74, 6) is 0.906. The van der Waals surface area contributed by atoms with Crippen LogP contribution >= 0.6 is 0 Å². The van der Waals surface area contributed by atoms with Crippen LogP contribution in [-0.2, 0) is 9.47 Å². The lowest BCUT2D eigenvalue weighted by atomic mass is 9.77. The minimum atomic E-state index is 0.0501. The molecule has 1 fully saturated rings. The Kier molecular flexibility index (Phi) is 7.20. The number of hydrogen-bond acceptors (Lipinski definition) is 3. The predicted octanol–water partition coefficient (Wildman–Crippen LogP) is 2.99. The molecule has 0 heterocycles. The first-order chi connectivity index (χ1) is 8.62. The zero-order chi connectivity index (χ0) is 13.4. The van der Waals surface area contributed by atoms with Crippen LogP contribution in [0.15, 0.2) is 0 Å². The van der Waals surface area contributed by atoms with Crippen LogP contribution in [0.2, 0.25) is 0 Å². The molecule has 0 unspecified atom stereocenters. The van der Waals surface area contributed by atoms with E-state index in [1.165, 1.54) is 32.1 Å². The molecule has 108 valence electrons. The SMILES string of the molecule is CCC1CCC(CNC(C)C)(OCCOC)CC1. The molecule has 1 aliphatic rings. The summed E-state index contributed by atoms with van der Waals surface area (Å²) >= 11 is 0. The fourth-order valence-corrected chi connectivity index (χ4v) is 2.72. The van der Waals surface area contributed by atoms with E-state index in [0.717, 1.165) is 12.5 Å². The van der Waals surface area contributed by atoms with Gasteiger partial charge in [0.2, 0.25) is 0 Å². The second-order valence-corrected chi connectivity index (χ2v) is 5.91. The molecule has 3 nitrogen and oxygen atoms in total. The normalized spacial score (nSPS) is 28.8. The van der Waals surface area contributed by atoms with Crippen LogP contribution in [0, 0.1) is 5.92 Å². The third kappa shape index (κ3) is 5.25.